The maximum Gasteiger partial charge on any atom is 0.472 e. The van der Waals surface area contributed by atoms with Crippen LogP contribution in [0, 0.1) is 5.92 Å². The highest BCUT2D eigenvalue weighted by Crippen LogP contribution is 2.43. The van der Waals surface area contributed by atoms with Crippen LogP contribution in [0.2, 0.25) is 0 Å². The number of aliphatic hydroxyl groups is 2. The number of hydrogen-bond acceptors (Lipinski definition) is 10. The molecular formula is C51H91O11P. The minimum atomic E-state index is -4.69. The van der Waals surface area contributed by atoms with Crippen molar-refractivity contribution in [1.29, 1.82) is 0 Å². The van der Waals surface area contributed by atoms with Crippen molar-refractivity contribution in [1.82, 2.24) is 0 Å². The molecule has 3 N–H and O–H groups in total. The minimum Gasteiger partial charge on any atom is -0.462 e. The maximum atomic E-state index is 12.6. The van der Waals surface area contributed by atoms with E-state index in [1.54, 1.807) is 12.2 Å². The molecule has 0 aliphatic heterocycles. The molecule has 0 radical (unpaired) electrons. The SMILES string of the molecule is CCCCC/C=C\C/C=C\C/C=C\C=C\C(=O)CCCC(=O)O[C@H](COC(=O)CCCCCCCCCCCCCCCCCCCCC(C)CC)COP(=O)(O)OC[C@@H](O)CO. The lowest BCUT2D eigenvalue weighted by atomic mass is 9.99. The third-order valence-corrected chi connectivity index (χ3v) is 12.0. The van der Waals surface area contributed by atoms with E-state index in [-0.39, 0.29) is 31.5 Å². The number of hydrogen-bond donors (Lipinski definition) is 3. The lowest BCUT2D eigenvalue weighted by Crippen LogP contribution is -2.30. The van der Waals surface area contributed by atoms with E-state index in [0.717, 1.165) is 44.4 Å². The van der Waals surface area contributed by atoms with Crippen LogP contribution < -0.4 is 0 Å². The normalized spacial score (nSPS) is 14.5. The number of unbranched alkanes of at least 4 members (excludes halogenated alkanes) is 20. The molecule has 0 spiro atoms. The Hall–Kier alpha value is -2.40. The van der Waals surface area contributed by atoms with E-state index in [1.165, 1.54) is 128 Å². The van der Waals surface area contributed by atoms with Crippen LogP contribution in [0.1, 0.15) is 213 Å². The highest BCUT2D eigenvalue weighted by atomic mass is 31.2. The van der Waals surface area contributed by atoms with Crippen molar-refractivity contribution in [3.05, 3.63) is 48.6 Å². The summed E-state index contributed by atoms with van der Waals surface area (Å²) in [6.45, 7) is 4.48. The number of phosphoric ester groups is 1. The molecule has 0 aliphatic rings. The van der Waals surface area contributed by atoms with Gasteiger partial charge in [0, 0.05) is 19.3 Å². The van der Waals surface area contributed by atoms with E-state index < -0.39 is 58.4 Å². The molecule has 11 nitrogen and oxygen atoms in total. The fraction of sp³-hybridized carbons (Fsp3) is 0.784. The molecule has 0 aliphatic carbocycles. The molecule has 0 fully saturated rings. The van der Waals surface area contributed by atoms with Crippen LogP contribution in [-0.2, 0) is 37.5 Å². The van der Waals surface area contributed by atoms with Gasteiger partial charge in [0.25, 0.3) is 0 Å². The number of aliphatic hydroxyl groups excluding tert-OH is 2. The predicted molar refractivity (Wildman–Crippen MR) is 256 cm³/mol. The molecule has 0 saturated carbocycles. The Balaban J connectivity index is 4.33. The average molecular weight is 911 g/mol. The fourth-order valence-electron chi connectivity index (χ4n) is 6.75. The third kappa shape index (κ3) is 44.6. The Bertz CT molecular complexity index is 1260. The predicted octanol–water partition coefficient (Wildman–Crippen LogP) is 13.1. The van der Waals surface area contributed by atoms with Crippen LogP contribution in [0.3, 0.4) is 0 Å². The zero-order valence-electron chi connectivity index (χ0n) is 39.9. The van der Waals surface area contributed by atoms with Gasteiger partial charge in [-0.25, -0.2) is 4.57 Å². The van der Waals surface area contributed by atoms with Crippen molar-refractivity contribution >= 4 is 25.5 Å². The molecule has 12 heteroatoms. The molecule has 0 aromatic carbocycles. The number of rotatable bonds is 46. The summed E-state index contributed by atoms with van der Waals surface area (Å²) < 4.78 is 32.6. The summed E-state index contributed by atoms with van der Waals surface area (Å²) in [5.74, 6) is -0.436. The van der Waals surface area contributed by atoms with Gasteiger partial charge in [-0.2, -0.15) is 0 Å². The van der Waals surface area contributed by atoms with Gasteiger partial charge >= 0.3 is 19.8 Å². The summed E-state index contributed by atoms with van der Waals surface area (Å²) in [6.07, 6.45) is 45.1. The summed E-state index contributed by atoms with van der Waals surface area (Å²) in [6, 6.07) is 0. The second-order valence-electron chi connectivity index (χ2n) is 17.1. The van der Waals surface area contributed by atoms with Crippen molar-refractivity contribution in [2.75, 3.05) is 26.4 Å². The molecular weight excluding hydrogens is 820 g/mol. The Labute approximate surface area is 383 Å². The summed E-state index contributed by atoms with van der Waals surface area (Å²) >= 11 is 0. The summed E-state index contributed by atoms with van der Waals surface area (Å²) in [7, 11) is -4.69. The smallest absolute Gasteiger partial charge is 0.462 e. The van der Waals surface area contributed by atoms with Gasteiger partial charge in [-0.05, 0) is 50.5 Å². The molecule has 0 saturated heterocycles. The Kier molecular flexibility index (Phi) is 43.1. The van der Waals surface area contributed by atoms with E-state index in [4.69, 9.17) is 19.1 Å². The summed E-state index contributed by atoms with van der Waals surface area (Å²) in [5.41, 5.74) is 0. The van der Waals surface area contributed by atoms with Gasteiger partial charge < -0.3 is 24.6 Å². The molecule has 0 rings (SSSR count). The van der Waals surface area contributed by atoms with Gasteiger partial charge in [0.2, 0.25) is 0 Å². The second kappa shape index (κ2) is 44.8. The van der Waals surface area contributed by atoms with E-state index in [1.807, 2.05) is 6.08 Å². The van der Waals surface area contributed by atoms with Gasteiger partial charge in [0.05, 0.1) is 19.8 Å². The van der Waals surface area contributed by atoms with Crippen molar-refractivity contribution in [2.45, 2.75) is 226 Å². The number of esters is 2. The molecule has 63 heavy (non-hydrogen) atoms. The number of ketones is 1. The van der Waals surface area contributed by atoms with Crippen LogP contribution in [0.15, 0.2) is 48.6 Å². The zero-order valence-corrected chi connectivity index (χ0v) is 40.8. The Morgan fingerprint density at radius 2 is 1.11 bits per heavy atom. The molecule has 0 bridgehead atoms. The van der Waals surface area contributed by atoms with Crippen LogP contribution in [0.4, 0.5) is 0 Å². The van der Waals surface area contributed by atoms with E-state index in [0.29, 0.717) is 6.42 Å². The largest absolute Gasteiger partial charge is 0.472 e. The zero-order chi connectivity index (χ0) is 46.5. The first-order valence-electron chi connectivity index (χ1n) is 24.9. The first kappa shape index (κ1) is 60.6. The molecule has 0 amide bonds. The number of carbonyl (C=O) groups is 3. The highest BCUT2D eigenvalue weighted by Gasteiger charge is 2.27. The maximum absolute atomic E-state index is 12.6. The van der Waals surface area contributed by atoms with Crippen LogP contribution in [-0.4, -0.2) is 71.5 Å². The van der Waals surface area contributed by atoms with Gasteiger partial charge in [-0.3, -0.25) is 23.4 Å². The van der Waals surface area contributed by atoms with Crippen molar-refractivity contribution in [2.24, 2.45) is 5.92 Å². The first-order valence-corrected chi connectivity index (χ1v) is 26.4. The van der Waals surface area contributed by atoms with Crippen molar-refractivity contribution < 1.29 is 52.6 Å². The molecule has 0 aromatic heterocycles. The molecule has 0 heterocycles. The van der Waals surface area contributed by atoms with Gasteiger partial charge in [-0.15, -0.1) is 0 Å². The van der Waals surface area contributed by atoms with E-state index in [9.17, 15) is 28.9 Å². The number of allylic oxidation sites excluding steroid dienone is 8. The quantitative estimate of drug-likeness (QED) is 0.0133. The van der Waals surface area contributed by atoms with Crippen molar-refractivity contribution in [3.8, 4) is 0 Å². The Morgan fingerprint density at radius 3 is 1.68 bits per heavy atom. The van der Waals surface area contributed by atoms with Crippen LogP contribution >= 0.6 is 7.82 Å². The summed E-state index contributed by atoms with van der Waals surface area (Å²) in [5, 5.41) is 18.4. The number of ether oxygens (including phenoxy) is 2. The monoisotopic (exact) mass is 911 g/mol. The van der Waals surface area contributed by atoms with E-state index in [2.05, 4.69) is 49.6 Å². The number of phosphoric acid groups is 1. The van der Waals surface area contributed by atoms with Crippen LogP contribution in [0.5, 0.6) is 0 Å². The summed E-state index contributed by atoms with van der Waals surface area (Å²) in [4.78, 5) is 47.4. The molecule has 4 atom stereocenters. The van der Waals surface area contributed by atoms with Crippen LogP contribution in [0.25, 0.3) is 0 Å². The van der Waals surface area contributed by atoms with Crippen molar-refractivity contribution in [3.63, 3.8) is 0 Å². The average Bonchev–Trinajstić information content (AvgIpc) is 3.27. The van der Waals surface area contributed by atoms with Gasteiger partial charge in [-0.1, -0.05) is 198 Å². The van der Waals surface area contributed by atoms with Gasteiger partial charge in [0.15, 0.2) is 11.9 Å². The topological polar surface area (TPSA) is 166 Å². The van der Waals surface area contributed by atoms with Gasteiger partial charge in [0.1, 0.15) is 12.7 Å². The number of carbonyl (C=O) groups excluding carboxylic acids is 3. The third-order valence-electron chi connectivity index (χ3n) is 11.0. The molecule has 2 unspecified atom stereocenters. The second-order valence-corrected chi connectivity index (χ2v) is 18.6. The highest BCUT2D eigenvalue weighted by molar-refractivity contribution is 7.47. The minimum absolute atomic E-state index is 0.104. The Morgan fingerprint density at radius 1 is 0.587 bits per heavy atom. The molecule has 0 aromatic rings. The molecule has 366 valence electrons. The standard InChI is InChI=1S/C51H91O11P/c1-4-6-7-8-9-10-11-18-22-25-28-31-34-38-47(53)39-36-41-51(56)62-49(45-61-63(57,58)60-43-48(54)42-52)44-59-50(55)40-35-32-29-26-23-20-17-15-13-12-14-16-19-21-24-27-30-33-37-46(3)5-2/h9-10,18,22,28,31,34,38,46,48-49,52,54H,4-8,11-17,19-21,23-27,29-30,32-33,35-37,39-45H2,1-3H3,(H,57,58)/b10-9-,22-18-,31-28-,38-34+/t46?,48-,49+/m0/s1. The lowest BCUT2D eigenvalue weighted by molar-refractivity contribution is -0.161. The first-order chi connectivity index (χ1) is 30.5. The fourth-order valence-corrected chi connectivity index (χ4v) is 7.54. The van der Waals surface area contributed by atoms with E-state index >= 15 is 0 Å². The lowest BCUT2D eigenvalue weighted by Gasteiger charge is -2.20.